The van der Waals surface area contributed by atoms with Crippen molar-refractivity contribution in [3.8, 4) is 0 Å². The Morgan fingerprint density at radius 2 is 2.10 bits per heavy atom. The van der Waals surface area contributed by atoms with E-state index in [0.29, 0.717) is 19.4 Å². The van der Waals surface area contributed by atoms with Gasteiger partial charge in [-0.3, -0.25) is 4.79 Å². The number of esters is 1. The topological polar surface area (TPSA) is 53.0 Å². The number of benzene rings is 1. The first-order valence-electron chi connectivity index (χ1n) is 7.47. The molecule has 0 radical (unpaired) electrons. The van der Waals surface area contributed by atoms with Crippen LogP contribution in [0.4, 0.5) is 11.4 Å². The number of piperidine rings is 1. The van der Waals surface area contributed by atoms with Crippen molar-refractivity contribution in [2.45, 2.75) is 38.6 Å². The molecule has 3 atom stereocenters. The molecule has 3 rings (SSSR count). The lowest BCUT2D eigenvalue weighted by Gasteiger charge is -2.48. The molecule has 0 aliphatic carbocycles. The van der Waals surface area contributed by atoms with E-state index in [1.165, 1.54) is 0 Å². The molecule has 0 saturated carbocycles. The zero-order valence-corrected chi connectivity index (χ0v) is 12.7. The zero-order chi connectivity index (χ0) is 15.2. The van der Waals surface area contributed by atoms with Crippen molar-refractivity contribution in [3.05, 3.63) is 24.3 Å². The third-order valence-corrected chi connectivity index (χ3v) is 4.58. The molecule has 1 aromatic carbocycles. The van der Waals surface area contributed by atoms with E-state index in [0.717, 1.165) is 11.4 Å². The second-order valence-electron chi connectivity index (χ2n) is 6.00. The lowest BCUT2D eigenvalue weighted by molar-refractivity contribution is -0.151. The summed E-state index contributed by atoms with van der Waals surface area (Å²) in [6.07, 6.45) is 0.991. The van der Waals surface area contributed by atoms with Gasteiger partial charge in [-0.15, -0.1) is 0 Å². The smallest absolute Gasteiger partial charge is 0.312 e. The summed E-state index contributed by atoms with van der Waals surface area (Å²) in [5.41, 5.74) is 1.07. The predicted molar refractivity (Wildman–Crippen MR) is 81.1 cm³/mol. The molecule has 0 bridgehead atoms. The van der Waals surface area contributed by atoms with Gasteiger partial charge in [0, 0.05) is 7.05 Å². The molecule has 1 saturated heterocycles. The number of carbonyl (C=O) groups is 1. The van der Waals surface area contributed by atoms with E-state index >= 15 is 0 Å². The standard InChI is InChI=1S/C16H22N2O3/c1-4-21-15(19)11-9-10-16(2,20)18-13-8-6-5-7-12(13)17(3)14(11)18/h5-8,11,14,20H,4,9-10H2,1-3H3. The van der Waals surface area contributed by atoms with E-state index in [-0.39, 0.29) is 18.1 Å². The molecule has 2 heterocycles. The Morgan fingerprint density at radius 3 is 2.76 bits per heavy atom. The average Bonchev–Trinajstić information content (AvgIpc) is 2.75. The van der Waals surface area contributed by atoms with Crippen LogP contribution >= 0.6 is 0 Å². The highest BCUT2D eigenvalue weighted by Crippen LogP contribution is 2.49. The first kappa shape index (κ1) is 14.2. The van der Waals surface area contributed by atoms with Crippen LogP contribution in [0.2, 0.25) is 0 Å². The number of fused-ring (bicyclic) bond motifs is 3. The zero-order valence-electron chi connectivity index (χ0n) is 12.7. The summed E-state index contributed by atoms with van der Waals surface area (Å²) in [4.78, 5) is 16.3. The van der Waals surface area contributed by atoms with Gasteiger partial charge in [0.15, 0.2) is 0 Å². The third-order valence-electron chi connectivity index (χ3n) is 4.58. The Balaban J connectivity index is 2.03. The van der Waals surface area contributed by atoms with E-state index in [1.54, 1.807) is 0 Å². The largest absolute Gasteiger partial charge is 0.466 e. The van der Waals surface area contributed by atoms with Crippen molar-refractivity contribution in [2.24, 2.45) is 5.92 Å². The summed E-state index contributed by atoms with van der Waals surface area (Å²) in [6.45, 7) is 4.02. The number of rotatable bonds is 2. The highest BCUT2D eigenvalue weighted by molar-refractivity contribution is 5.83. The number of anilines is 2. The summed E-state index contributed by atoms with van der Waals surface area (Å²) in [5.74, 6) is -0.426. The highest BCUT2D eigenvalue weighted by atomic mass is 16.5. The predicted octanol–water partition coefficient (Wildman–Crippen LogP) is 1.95. The molecule has 0 amide bonds. The maximum atomic E-state index is 12.3. The van der Waals surface area contributed by atoms with E-state index < -0.39 is 5.72 Å². The molecule has 1 aromatic rings. The Bertz CT molecular complexity index is 558. The van der Waals surface area contributed by atoms with Gasteiger partial charge in [0.2, 0.25) is 0 Å². The van der Waals surface area contributed by atoms with Gasteiger partial charge in [-0.05, 0) is 38.8 Å². The molecule has 21 heavy (non-hydrogen) atoms. The Kier molecular flexibility index (Phi) is 3.32. The molecular formula is C16H22N2O3. The maximum Gasteiger partial charge on any atom is 0.312 e. The number of carbonyl (C=O) groups excluding carboxylic acids is 1. The highest BCUT2D eigenvalue weighted by Gasteiger charge is 2.52. The van der Waals surface area contributed by atoms with Gasteiger partial charge in [-0.25, -0.2) is 0 Å². The van der Waals surface area contributed by atoms with E-state index in [4.69, 9.17) is 4.74 Å². The van der Waals surface area contributed by atoms with Crippen LogP contribution in [0, 0.1) is 5.92 Å². The van der Waals surface area contributed by atoms with Gasteiger partial charge in [0.05, 0.1) is 23.9 Å². The van der Waals surface area contributed by atoms with Gasteiger partial charge in [0.1, 0.15) is 11.9 Å². The van der Waals surface area contributed by atoms with Crippen molar-refractivity contribution in [1.29, 1.82) is 0 Å². The molecule has 1 fully saturated rings. The Labute approximate surface area is 125 Å². The minimum atomic E-state index is -0.950. The Morgan fingerprint density at radius 1 is 1.43 bits per heavy atom. The normalized spacial score (nSPS) is 30.9. The summed E-state index contributed by atoms with van der Waals surface area (Å²) in [7, 11) is 1.97. The van der Waals surface area contributed by atoms with Crippen molar-refractivity contribution < 1.29 is 14.6 Å². The minimum absolute atomic E-state index is 0.178. The fourth-order valence-electron chi connectivity index (χ4n) is 3.61. The second-order valence-corrected chi connectivity index (χ2v) is 6.00. The van der Waals surface area contributed by atoms with Crippen molar-refractivity contribution in [3.63, 3.8) is 0 Å². The van der Waals surface area contributed by atoms with Crippen molar-refractivity contribution in [1.82, 2.24) is 0 Å². The second kappa shape index (κ2) is 4.91. The molecule has 2 aliphatic rings. The fourth-order valence-corrected chi connectivity index (χ4v) is 3.61. The average molecular weight is 290 g/mol. The minimum Gasteiger partial charge on any atom is -0.466 e. The molecule has 0 spiro atoms. The quantitative estimate of drug-likeness (QED) is 0.844. The third kappa shape index (κ3) is 2.07. The molecule has 5 heteroatoms. The molecular weight excluding hydrogens is 268 g/mol. The van der Waals surface area contributed by atoms with Crippen LogP contribution in [0.1, 0.15) is 26.7 Å². The van der Waals surface area contributed by atoms with Gasteiger partial charge in [0.25, 0.3) is 0 Å². The number of para-hydroxylation sites is 2. The molecule has 1 N–H and O–H groups in total. The first-order valence-corrected chi connectivity index (χ1v) is 7.47. The van der Waals surface area contributed by atoms with Crippen molar-refractivity contribution in [2.75, 3.05) is 23.5 Å². The molecule has 0 aromatic heterocycles. The lowest BCUT2D eigenvalue weighted by atomic mass is 9.88. The summed E-state index contributed by atoms with van der Waals surface area (Å²) >= 11 is 0. The van der Waals surface area contributed by atoms with Crippen LogP contribution < -0.4 is 9.80 Å². The maximum absolute atomic E-state index is 12.3. The van der Waals surface area contributed by atoms with Gasteiger partial charge in [-0.1, -0.05) is 12.1 Å². The number of ether oxygens (including phenoxy) is 1. The van der Waals surface area contributed by atoms with Crippen LogP contribution in [0.15, 0.2) is 24.3 Å². The van der Waals surface area contributed by atoms with Crippen molar-refractivity contribution >= 4 is 17.3 Å². The number of aliphatic hydroxyl groups is 1. The summed E-state index contributed by atoms with van der Waals surface area (Å²) in [5, 5.41) is 10.8. The van der Waals surface area contributed by atoms with E-state index in [1.807, 2.05) is 50.1 Å². The number of hydrogen-bond donors (Lipinski definition) is 1. The summed E-state index contributed by atoms with van der Waals surface area (Å²) < 4.78 is 5.23. The first-order chi connectivity index (χ1) is 9.97. The van der Waals surface area contributed by atoms with E-state index in [2.05, 4.69) is 4.90 Å². The monoisotopic (exact) mass is 290 g/mol. The van der Waals surface area contributed by atoms with Crippen LogP contribution in [0.25, 0.3) is 0 Å². The van der Waals surface area contributed by atoms with Crippen LogP contribution in [0.3, 0.4) is 0 Å². The fraction of sp³-hybridized carbons (Fsp3) is 0.562. The molecule has 114 valence electrons. The van der Waals surface area contributed by atoms with Crippen LogP contribution in [0.5, 0.6) is 0 Å². The Hall–Kier alpha value is -1.75. The van der Waals surface area contributed by atoms with Gasteiger partial charge < -0.3 is 19.6 Å². The molecule has 2 aliphatic heterocycles. The van der Waals surface area contributed by atoms with Crippen LogP contribution in [-0.2, 0) is 9.53 Å². The van der Waals surface area contributed by atoms with Gasteiger partial charge >= 0.3 is 5.97 Å². The van der Waals surface area contributed by atoms with Crippen LogP contribution in [-0.4, -0.2) is 36.6 Å². The van der Waals surface area contributed by atoms with E-state index in [9.17, 15) is 9.90 Å². The molecule has 3 unspecified atom stereocenters. The SMILES string of the molecule is CCOC(=O)C1CCC(C)(O)N2c3ccccc3N(C)C12. The number of hydrogen-bond acceptors (Lipinski definition) is 5. The lowest BCUT2D eigenvalue weighted by Crippen LogP contribution is -2.62. The molecule has 5 nitrogen and oxygen atoms in total. The summed E-state index contributed by atoms with van der Waals surface area (Å²) in [6, 6.07) is 7.95. The van der Waals surface area contributed by atoms with Gasteiger partial charge in [-0.2, -0.15) is 0 Å². The number of nitrogens with zero attached hydrogens (tertiary/aromatic N) is 2.